The van der Waals surface area contributed by atoms with Crippen molar-refractivity contribution in [3.8, 4) is 0 Å². The molecule has 21 heavy (non-hydrogen) atoms. The zero-order valence-electron chi connectivity index (χ0n) is 11.5. The van der Waals surface area contributed by atoms with E-state index in [0.29, 0.717) is 13.0 Å². The molecule has 0 fully saturated rings. The van der Waals surface area contributed by atoms with Crippen LogP contribution < -0.4 is 5.32 Å². The summed E-state index contributed by atoms with van der Waals surface area (Å²) in [5.41, 5.74) is 0.144. The van der Waals surface area contributed by atoms with Crippen molar-refractivity contribution >= 4 is 23.2 Å². The summed E-state index contributed by atoms with van der Waals surface area (Å²) in [5, 5.41) is 12.6. The first-order valence-corrected chi connectivity index (χ1v) is 7.33. The van der Waals surface area contributed by atoms with E-state index in [1.165, 1.54) is 23.2 Å². The number of carboxylic acid groups (broad SMARTS) is 1. The van der Waals surface area contributed by atoms with Crippen LogP contribution in [0.3, 0.4) is 0 Å². The van der Waals surface area contributed by atoms with Crippen LogP contribution in [-0.2, 0) is 12.8 Å². The molecule has 0 saturated heterocycles. The minimum atomic E-state index is -1.15. The quantitative estimate of drug-likeness (QED) is 0.848. The lowest BCUT2D eigenvalue weighted by Crippen LogP contribution is -2.26. The topological polar surface area (TPSA) is 92.2 Å². The van der Waals surface area contributed by atoms with Gasteiger partial charge in [-0.1, -0.05) is 6.92 Å². The van der Waals surface area contributed by atoms with Gasteiger partial charge in [-0.05, 0) is 18.6 Å². The van der Waals surface area contributed by atoms with Gasteiger partial charge >= 0.3 is 5.97 Å². The number of carboxylic acids is 1. The Morgan fingerprint density at radius 3 is 2.86 bits per heavy atom. The summed E-state index contributed by atoms with van der Waals surface area (Å²) in [4.78, 5) is 31.9. The molecule has 110 valence electrons. The molecule has 0 radical (unpaired) electrons. The van der Waals surface area contributed by atoms with E-state index in [2.05, 4.69) is 22.2 Å². The number of hydrogen-bond donors (Lipinski definition) is 2. The third kappa shape index (κ3) is 4.09. The molecule has 0 aliphatic carbocycles. The molecule has 2 rings (SSSR count). The van der Waals surface area contributed by atoms with Gasteiger partial charge in [-0.2, -0.15) is 0 Å². The largest absolute Gasteiger partial charge is 0.477 e. The van der Waals surface area contributed by atoms with E-state index in [-0.39, 0.29) is 17.2 Å². The molecule has 0 aliphatic rings. The molecule has 2 N–H and O–H groups in total. The van der Waals surface area contributed by atoms with Crippen LogP contribution >= 0.6 is 11.3 Å². The van der Waals surface area contributed by atoms with Gasteiger partial charge < -0.3 is 10.4 Å². The van der Waals surface area contributed by atoms with Gasteiger partial charge in [0.1, 0.15) is 5.69 Å². The highest BCUT2D eigenvalue weighted by Crippen LogP contribution is 2.13. The van der Waals surface area contributed by atoms with Crippen LogP contribution in [0.5, 0.6) is 0 Å². The average molecular weight is 305 g/mol. The van der Waals surface area contributed by atoms with Gasteiger partial charge in [0.05, 0.1) is 5.01 Å². The Kier molecular flexibility index (Phi) is 4.99. The zero-order chi connectivity index (χ0) is 15.2. The summed E-state index contributed by atoms with van der Waals surface area (Å²) in [6.07, 6.45) is 4.78. The van der Waals surface area contributed by atoms with E-state index >= 15 is 0 Å². The molecule has 0 unspecified atom stereocenters. The van der Waals surface area contributed by atoms with Gasteiger partial charge in [0.2, 0.25) is 0 Å². The van der Waals surface area contributed by atoms with Crippen molar-refractivity contribution in [2.24, 2.45) is 0 Å². The first kappa shape index (κ1) is 15.1. The first-order valence-electron chi connectivity index (χ1n) is 6.51. The maximum Gasteiger partial charge on any atom is 0.354 e. The summed E-state index contributed by atoms with van der Waals surface area (Å²) in [6, 6.07) is 2.75. The van der Waals surface area contributed by atoms with Crippen molar-refractivity contribution in [3.05, 3.63) is 45.7 Å². The minimum absolute atomic E-state index is 0.143. The number of aromatic carboxylic acids is 1. The lowest BCUT2D eigenvalue weighted by Gasteiger charge is -2.04. The van der Waals surface area contributed by atoms with Crippen molar-refractivity contribution in [3.63, 3.8) is 0 Å². The second kappa shape index (κ2) is 6.94. The number of pyridine rings is 1. The van der Waals surface area contributed by atoms with Crippen LogP contribution in [0.25, 0.3) is 0 Å². The molecule has 0 saturated carbocycles. The highest BCUT2D eigenvalue weighted by Gasteiger charge is 2.10. The van der Waals surface area contributed by atoms with E-state index < -0.39 is 5.97 Å². The number of nitrogens with one attached hydrogen (secondary N) is 1. The van der Waals surface area contributed by atoms with E-state index in [1.54, 1.807) is 11.3 Å². The summed E-state index contributed by atoms with van der Waals surface area (Å²) in [6.45, 7) is 2.53. The zero-order valence-corrected chi connectivity index (χ0v) is 12.3. The monoisotopic (exact) mass is 305 g/mol. The Morgan fingerprint density at radius 2 is 2.19 bits per heavy atom. The molecule has 7 heteroatoms. The number of aryl methyl sites for hydroxylation is 1. The molecule has 6 nitrogen and oxygen atoms in total. The summed E-state index contributed by atoms with van der Waals surface area (Å²) in [5.74, 6) is -1.47. The smallest absolute Gasteiger partial charge is 0.354 e. The number of rotatable bonds is 6. The highest BCUT2D eigenvalue weighted by atomic mass is 32.1. The number of aromatic nitrogens is 2. The van der Waals surface area contributed by atoms with Crippen LogP contribution in [0.1, 0.15) is 37.7 Å². The average Bonchev–Trinajstić information content (AvgIpc) is 2.95. The summed E-state index contributed by atoms with van der Waals surface area (Å²) in [7, 11) is 0. The normalized spacial score (nSPS) is 10.3. The molecule has 1 amide bonds. The fraction of sp³-hybridized carbons (Fsp3) is 0.286. The Morgan fingerprint density at radius 1 is 1.38 bits per heavy atom. The second-order valence-corrected chi connectivity index (χ2v) is 5.51. The summed E-state index contributed by atoms with van der Waals surface area (Å²) < 4.78 is 0. The predicted octanol–water partition coefficient (Wildman–Crippen LogP) is 1.77. The van der Waals surface area contributed by atoms with Gasteiger partial charge in [-0.3, -0.25) is 4.79 Å². The molecular weight excluding hydrogens is 290 g/mol. The molecule has 0 atom stereocenters. The molecule has 2 heterocycles. The number of nitrogens with zero attached hydrogens (tertiary/aromatic N) is 2. The number of amides is 1. The lowest BCUT2D eigenvalue weighted by atomic mass is 10.2. The Balaban J connectivity index is 1.89. The third-order valence-electron chi connectivity index (χ3n) is 2.82. The number of carbonyl (C=O) groups excluding carboxylic acids is 1. The molecule has 2 aromatic rings. The fourth-order valence-corrected chi connectivity index (χ4v) is 2.56. The third-order valence-corrected chi connectivity index (χ3v) is 4.02. The van der Waals surface area contributed by atoms with Crippen molar-refractivity contribution in [1.82, 2.24) is 15.3 Å². The SMILES string of the molecule is CCc1cnc(CCNC(=O)c2ccnc(C(=O)O)c2)s1. The Hall–Kier alpha value is -2.28. The Bertz CT molecular complexity index is 654. The van der Waals surface area contributed by atoms with Crippen LogP contribution in [0.2, 0.25) is 0 Å². The van der Waals surface area contributed by atoms with Crippen molar-refractivity contribution in [2.45, 2.75) is 19.8 Å². The van der Waals surface area contributed by atoms with E-state index in [0.717, 1.165) is 11.4 Å². The van der Waals surface area contributed by atoms with Gasteiger partial charge in [0, 0.05) is 35.8 Å². The van der Waals surface area contributed by atoms with Gasteiger partial charge in [-0.15, -0.1) is 11.3 Å². The number of thiazole rings is 1. The standard InChI is InChI=1S/C14H15N3O3S/c1-2-10-8-17-12(21-10)4-6-16-13(18)9-3-5-15-11(7-9)14(19)20/h3,5,7-8H,2,4,6H2,1H3,(H,16,18)(H,19,20). The Labute approximate surface area is 125 Å². The summed E-state index contributed by atoms with van der Waals surface area (Å²) >= 11 is 1.64. The molecular formula is C14H15N3O3S. The molecule has 0 aliphatic heterocycles. The fourth-order valence-electron chi connectivity index (χ4n) is 1.70. The van der Waals surface area contributed by atoms with Crippen LogP contribution in [0.4, 0.5) is 0 Å². The van der Waals surface area contributed by atoms with Gasteiger partial charge in [-0.25, -0.2) is 14.8 Å². The first-order chi connectivity index (χ1) is 10.1. The van der Waals surface area contributed by atoms with Gasteiger partial charge in [0.15, 0.2) is 0 Å². The van der Waals surface area contributed by atoms with Crippen molar-refractivity contribution in [1.29, 1.82) is 0 Å². The van der Waals surface area contributed by atoms with Crippen LogP contribution in [-0.4, -0.2) is 33.5 Å². The van der Waals surface area contributed by atoms with Crippen LogP contribution in [0.15, 0.2) is 24.5 Å². The van der Waals surface area contributed by atoms with E-state index in [4.69, 9.17) is 5.11 Å². The molecule has 0 aromatic carbocycles. The number of hydrogen-bond acceptors (Lipinski definition) is 5. The van der Waals surface area contributed by atoms with Crippen molar-refractivity contribution < 1.29 is 14.7 Å². The lowest BCUT2D eigenvalue weighted by molar-refractivity contribution is 0.0690. The maximum atomic E-state index is 11.9. The molecule has 2 aromatic heterocycles. The van der Waals surface area contributed by atoms with Gasteiger partial charge in [0.25, 0.3) is 5.91 Å². The van der Waals surface area contributed by atoms with E-state index in [9.17, 15) is 9.59 Å². The van der Waals surface area contributed by atoms with E-state index in [1.807, 2.05) is 6.20 Å². The molecule has 0 spiro atoms. The minimum Gasteiger partial charge on any atom is -0.477 e. The highest BCUT2D eigenvalue weighted by molar-refractivity contribution is 7.11. The predicted molar refractivity (Wildman–Crippen MR) is 78.7 cm³/mol. The molecule has 0 bridgehead atoms. The number of carbonyl (C=O) groups is 2. The second-order valence-electron chi connectivity index (χ2n) is 4.31. The van der Waals surface area contributed by atoms with Crippen molar-refractivity contribution in [2.75, 3.05) is 6.54 Å². The van der Waals surface area contributed by atoms with Crippen LogP contribution in [0, 0.1) is 0 Å². The maximum absolute atomic E-state index is 11.9.